The van der Waals surface area contributed by atoms with E-state index in [2.05, 4.69) is 5.32 Å². The first kappa shape index (κ1) is 25.5. The van der Waals surface area contributed by atoms with E-state index in [9.17, 15) is 19.3 Å². The van der Waals surface area contributed by atoms with E-state index in [1.807, 2.05) is 18.9 Å². The number of benzene rings is 2. The Hall–Kier alpha value is -3.16. The summed E-state index contributed by atoms with van der Waals surface area (Å²) in [6.45, 7) is 2.05. The fourth-order valence-corrected chi connectivity index (χ4v) is 4.50. The van der Waals surface area contributed by atoms with Crippen LogP contribution in [-0.4, -0.2) is 34.9 Å². The zero-order valence-corrected chi connectivity index (χ0v) is 20.0. The lowest BCUT2D eigenvalue weighted by Crippen LogP contribution is -2.38. The van der Waals surface area contributed by atoms with Gasteiger partial charge in [0.05, 0.1) is 4.92 Å². The van der Waals surface area contributed by atoms with Crippen molar-refractivity contribution in [2.45, 2.75) is 76.8 Å². The highest BCUT2D eigenvalue weighted by molar-refractivity contribution is 5.76. The highest BCUT2D eigenvalue weighted by atomic mass is 19.1. The molecule has 7 nitrogen and oxygen atoms in total. The third kappa shape index (κ3) is 7.17. The average molecular weight is 472 g/mol. The molecular formula is C26H34FN3O4. The third-order valence-electron chi connectivity index (χ3n) is 6.43. The van der Waals surface area contributed by atoms with Crippen molar-refractivity contribution in [3.8, 4) is 11.5 Å². The van der Waals surface area contributed by atoms with Crippen molar-refractivity contribution >= 4 is 17.3 Å². The molecule has 0 saturated heterocycles. The summed E-state index contributed by atoms with van der Waals surface area (Å²) >= 11 is 0. The molecule has 1 fully saturated rings. The average Bonchev–Trinajstić information content (AvgIpc) is 2.84. The number of carbonyl (C=O) groups excluding carboxylic acids is 1. The van der Waals surface area contributed by atoms with E-state index in [0.717, 1.165) is 25.7 Å². The predicted octanol–water partition coefficient (Wildman–Crippen LogP) is 6.68. The number of nitrogens with zero attached hydrogens (tertiary/aromatic N) is 2. The standard InChI is InChI=1S/C26H34FN3O4/c1-3-7-20(12-17-26(31)29(2)21-8-5-4-6-9-21)28-24-18-23(15-16-25(24)30(32)33)34-22-13-10-19(27)11-14-22/h10-11,13-16,18,20-21,28H,3-9,12,17H2,1-2H3. The van der Waals surface area contributed by atoms with Gasteiger partial charge in [-0.2, -0.15) is 0 Å². The number of anilines is 1. The Bertz CT molecular complexity index is 961. The second-order valence-corrected chi connectivity index (χ2v) is 8.96. The zero-order chi connectivity index (χ0) is 24.5. The van der Waals surface area contributed by atoms with Gasteiger partial charge in [0.15, 0.2) is 0 Å². The van der Waals surface area contributed by atoms with Crippen LogP contribution in [0, 0.1) is 15.9 Å². The summed E-state index contributed by atoms with van der Waals surface area (Å²) < 4.78 is 18.9. The van der Waals surface area contributed by atoms with Gasteiger partial charge >= 0.3 is 0 Å². The van der Waals surface area contributed by atoms with Gasteiger partial charge in [-0.3, -0.25) is 14.9 Å². The second kappa shape index (κ2) is 12.3. The molecule has 184 valence electrons. The van der Waals surface area contributed by atoms with Crippen molar-refractivity contribution < 1.29 is 18.8 Å². The lowest BCUT2D eigenvalue weighted by atomic mass is 9.94. The molecule has 0 radical (unpaired) electrons. The van der Waals surface area contributed by atoms with E-state index in [0.29, 0.717) is 36.1 Å². The van der Waals surface area contributed by atoms with E-state index in [1.54, 1.807) is 6.07 Å². The number of rotatable bonds is 11. The molecule has 1 saturated carbocycles. The number of hydrogen-bond donors (Lipinski definition) is 1. The molecule has 3 rings (SSSR count). The highest BCUT2D eigenvalue weighted by Gasteiger charge is 2.24. The summed E-state index contributed by atoms with van der Waals surface area (Å²) in [5.41, 5.74) is 0.286. The third-order valence-corrected chi connectivity index (χ3v) is 6.43. The quantitative estimate of drug-likeness (QED) is 0.292. The SMILES string of the molecule is CCCC(CCC(=O)N(C)C1CCCCC1)Nc1cc(Oc2ccc(F)cc2)ccc1[N+](=O)[O-]. The molecule has 1 amide bonds. The van der Waals surface area contributed by atoms with Gasteiger partial charge in [0, 0.05) is 37.7 Å². The van der Waals surface area contributed by atoms with Gasteiger partial charge in [0.25, 0.3) is 5.69 Å². The first-order chi connectivity index (χ1) is 16.4. The summed E-state index contributed by atoms with van der Waals surface area (Å²) in [6.07, 6.45) is 8.34. The van der Waals surface area contributed by atoms with Gasteiger partial charge < -0.3 is 15.0 Å². The maximum atomic E-state index is 13.2. The largest absolute Gasteiger partial charge is 0.457 e. The number of carbonyl (C=O) groups is 1. The Balaban J connectivity index is 1.69. The molecule has 0 bridgehead atoms. The summed E-state index contributed by atoms with van der Waals surface area (Å²) in [5, 5.41) is 14.9. The number of ether oxygens (including phenoxy) is 1. The van der Waals surface area contributed by atoms with Gasteiger partial charge in [-0.05, 0) is 56.0 Å². The van der Waals surface area contributed by atoms with Crippen LogP contribution in [-0.2, 0) is 4.79 Å². The smallest absolute Gasteiger partial charge is 0.292 e. The summed E-state index contributed by atoms with van der Waals surface area (Å²) in [7, 11) is 1.89. The first-order valence-electron chi connectivity index (χ1n) is 12.1. The van der Waals surface area contributed by atoms with Crippen LogP contribution in [0.1, 0.15) is 64.7 Å². The summed E-state index contributed by atoms with van der Waals surface area (Å²) in [5.74, 6) is 0.591. The molecular weight excluding hydrogens is 437 g/mol. The number of halogens is 1. The Labute approximate surface area is 200 Å². The maximum Gasteiger partial charge on any atom is 0.292 e. The van der Waals surface area contributed by atoms with Crippen LogP contribution >= 0.6 is 0 Å². The molecule has 1 N–H and O–H groups in total. The van der Waals surface area contributed by atoms with E-state index >= 15 is 0 Å². The molecule has 1 atom stereocenters. The lowest BCUT2D eigenvalue weighted by molar-refractivity contribution is -0.384. The van der Waals surface area contributed by atoms with Crippen molar-refractivity contribution in [3.63, 3.8) is 0 Å². The minimum Gasteiger partial charge on any atom is -0.457 e. The molecule has 8 heteroatoms. The molecule has 1 aliphatic carbocycles. The highest BCUT2D eigenvalue weighted by Crippen LogP contribution is 2.33. The van der Waals surface area contributed by atoms with Crippen LogP contribution in [0.15, 0.2) is 42.5 Å². The number of nitro benzene ring substituents is 1. The fourth-order valence-electron chi connectivity index (χ4n) is 4.50. The monoisotopic (exact) mass is 471 g/mol. The van der Waals surface area contributed by atoms with Gasteiger partial charge in [-0.1, -0.05) is 32.6 Å². The van der Waals surface area contributed by atoms with Gasteiger partial charge in [0.2, 0.25) is 5.91 Å². The van der Waals surface area contributed by atoms with E-state index in [-0.39, 0.29) is 23.5 Å². The van der Waals surface area contributed by atoms with Crippen molar-refractivity contribution in [2.75, 3.05) is 12.4 Å². The fraction of sp³-hybridized carbons (Fsp3) is 0.500. The Kier molecular flexibility index (Phi) is 9.24. The maximum absolute atomic E-state index is 13.2. The minimum atomic E-state index is -0.435. The van der Waals surface area contributed by atoms with Gasteiger partial charge in [0.1, 0.15) is 23.0 Å². The van der Waals surface area contributed by atoms with Crippen LogP contribution < -0.4 is 10.1 Å². The summed E-state index contributed by atoms with van der Waals surface area (Å²) in [4.78, 5) is 25.9. The van der Waals surface area contributed by atoms with Crippen LogP contribution in [0.5, 0.6) is 11.5 Å². The molecule has 2 aromatic carbocycles. The van der Waals surface area contributed by atoms with Crippen molar-refractivity contribution in [1.29, 1.82) is 0 Å². The van der Waals surface area contributed by atoms with Crippen LogP contribution in [0.4, 0.5) is 15.8 Å². The number of amides is 1. The second-order valence-electron chi connectivity index (χ2n) is 8.96. The Morgan fingerprint density at radius 1 is 1.15 bits per heavy atom. The number of nitro groups is 1. The molecule has 0 aromatic heterocycles. The molecule has 0 spiro atoms. The molecule has 1 unspecified atom stereocenters. The molecule has 1 aliphatic rings. The van der Waals surface area contributed by atoms with Crippen molar-refractivity contribution in [1.82, 2.24) is 4.90 Å². The molecule has 0 heterocycles. The van der Waals surface area contributed by atoms with E-state index in [1.165, 1.54) is 55.7 Å². The van der Waals surface area contributed by atoms with Crippen LogP contribution in [0.3, 0.4) is 0 Å². The predicted molar refractivity (Wildman–Crippen MR) is 131 cm³/mol. The lowest BCUT2D eigenvalue weighted by Gasteiger charge is -2.31. The topological polar surface area (TPSA) is 84.7 Å². The van der Waals surface area contributed by atoms with Crippen LogP contribution in [0.25, 0.3) is 0 Å². The normalized spacial score (nSPS) is 14.9. The van der Waals surface area contributed by atoms with Gasteiger partial charge in [-0.25, -0.2) is 4.39 Å². The first-order valence-corrected chi connectivity index (χ1v) is 12.1. The minimum absolute atomic E-state index is 0.0572. The number of hydrogen-bond acceptors (Lipinski definition) is 5. The van der Waals surface area contributed by atoms with E-state index in [4.69, 9.17) is 4.74 Å². The molecule has 2 aromatic rings. The Morgan fingerprint density at radius 3 is 2.47 bits per heavy atom. The Morgan fingerprint density at radius 2 is 1.82 bits per heavy atom. The number of nitrogens with one attached hydrogen (secondary N) is 1. The van der Waals surface area contributed by atoms with E-state index < -0.39 is 4.92 Å². The van der Waals surface area contributed by atoms with Gasteiger partial charge in [-0.15, -0.1) is 0 Å². The zero-order valence-electron chi connectivity index (χ0n) is 20.0. The summed E-state index contributed by atoms with van der Waals surface area (Å²) in [6, 6.07) is 10.3. The molecule has 0 aliphatic heterocycles. The van der Waals surface area contributed by atoms with Crippen LogP contribution in [0.2, 0.25) is 0 Å². The van der Waals surface area contributed by atoms with Crippen molar-refractivity contribution in [3.05, 3.63) is 58.4 Å². The molecule has 34 heavy (non-hydrogen) atoms. The van der Waals surface area contributed by atoms with Crippen molar-refractivity contribution in [2.24, 2.45) is 0 Å².